The molecule has 0 radical (unpaired) electrons. The third-order valence-corrected chi connectivity index (χ3v) is 8.61. The number of rotatable bonds is 7. The molecule has 0 spiro atoms. The lowest BCUT2D eigenvalue weighted by atomic mass is 9.95. The predicted molar refractivity (Wildman–Crippen MR) is 123 cm³/mol. The van der Waals surface area contributed by atoms with E-state index in [-0.39, 0.29) is 22.9 Å². The van der Waals surface area contributed by atoms with E-state index in [1.54, 1.807) is 6.07 Å². The first-order valence-corrected chi connectivity index (χ1v) is 13.2. The third-order valence-electron chi connectivity index (χ3n) is 5.64. The van der Waals surface area contributed by atoms with Crippen molar-refractivity contribution in [3.05, 3.63) is 50.4 Å². The fourth-order valence-electron chi connectivity index (χ4n) is 4.10. The first-order valence-electron chi connectivity index (χ1n) is 10.6. The second kappa shape index (κ2) is 9.48. The van der Waals surface area contributed by atoms with Gasteiger partial charge in [-0.15, -0.1) is 11.3 Å². The minimum Gasteiger partial charge on any atom is -0.477 e. The number of para-hydroxylation sites is 2. The van der Waals surface area contributed by atoms with Crippen LogP contribution in [0.25, 0.3) is 0 Å². The van der Waals surface area contributed by atoms with Gasteiger partial charge in [0.2, 0.25) is 0 Å². The van der Waals surface area contributed by atoms with E-state index in [0.29, 0.717) is 23.4 Å². The number of thiophene rings is 1. The van der Waals surface area contributed by atoms with Gasteiger partial charge < -0.3 is 15.4 Å². The monoisotopic (exact) mass is 493 g/mol. The number of hydrogen-bond donors (Lipinski definition) is 2. The highest BCUT2D eigenvalue weighted by atomic mass is 32.2. The van der Waals surface area contributed by atoms with Crippen molar-refractivity contribution in [2.45, 2.75) is 38.1 Å². The van der Waals surface area contributed by atoms with Crippen LogP contribution in [0.1, 0.15) is 40.1 Å². The fourth-order valence-corrected chi connectivity index (χ4v) is 7.07. The van der Waals surface area contributed by atoms with E-state index in [2.05, 4.69) is 10.6 Å². The van der Waals surface area contributed by atoms with Gasteiger partial charge in [0.15, 0.2) is 22.2 Å². The summed E-state index contributed by atoms with van der Waals surface area (Å²) in [4.78, 5) is 37.2. The Kier molecular flexibility index (Phi) is 6.66. The quantitative estimate of drug-likeness (QED) is 0.445. The third kappa shape index (κ3) is 5.33. The van der Waals surface area contributed by atoms with Gasteiger partial charge in [-0.2, -0.15) is 0 Å². The number of nitrogens with zero attached hydrogens (tertiary/aromatic N) is 1. The van der Waals surface area contributed by atoms with Gasteiger partial charge in [-0.25, -0.2) is 8.42 Å². The number of carbonyl (C=O) groups is 2. The topological polar surface area (TPSA) is 145 Å². The standard InChI is InChI=1S/C21H23N3O7S2/c25-18(11-31-16-7-3-2-6-15(16)24(27)28)23-21-19(14-5-1-4-8-17(14)32-21)20(26)22-13-9-10-33(29,30)12-13/h2-3,6-7,13H,1,4-5,8-12H2,(H,22,26)(H,23,25)/t13-/m0/s1. The average molecular weight is 494 g/mol. The normalized spacial score (nSPS) is 18.8. The van der Waals surface area contributed by atoms with Crippen LogP contribution in [0.5, 0.6) is 5.75 Å². The molecular weight excluding hydrogens is 470 g/mol. The predicted octanol–water partition coefficient (Wildman–Crippen LogP) is 2.47. The lowest BCUT2D eigenvalue weighted by Crippen LogP contribution is -2.36. The summed E-state index contributed by atoms with van der Waals surface area (Å²) in [5, 5.41) is 17.0. The van der Waals surface area contributed by atoms with E-state index in [1.165, 1.54) is 29.5 Å². The second-order valence-electron chi connectivity index (χ2n) is 8.05. The molecule has 33 heavy (non-hydrogen) atoms. The molecule has 2 aliphatic rings. The first-order chi connectivity index (χ1) is 15.7. The van der Waals surface area contributed by atoms with Gasteiger partial charge in [-0.1, -0.05) is 12.1 Å². The molecule has 12 heteroatoms. The van der Waals surface area contributed by atoms with Gasteiger partial charge >= 0.3 is 5.69 Å². The van der Waals surface area contributed by atoms with Crippen LogP contribution in [-0.4, -0.2) is 49.3 Å². The number of amides is 2. The Hall–Kier alpha value is -2.99. The van der Waals surface area contributed by atoms with E-state index < -0.39 is 39.2 Å². The van der Waals surface area contributed by atoms with Crippen LogP contribution in [0.2, 0.25) is 0 Å². The van der Waals surface area contributed by atoms with Crippen LogP contribution >= 0.6 is 11.3 Å². The molecule has 0 unspecified atom stereocenters. The van der Waals surface area contributed by atoms with Crippen LogP contribution in [0.3, 0.4) is 0 Å². The molecule has 176 valence electrons. The largest absolute Gasteiger partial charge is 0.477 e. The molecule has 1 atom stereocenters. The Morgan fingerprint density at radius 3 is 2.70 bits per heavy atom. The molecule has 2 aromatic rings. The lowest BCUT2D eigenvalue weighted by Gasteiger charge is -2.15. The molecule has 4 rings (SSSR count). The molecule has 2 heterocycles. The molecule has 2 amide bonds. The highest BCUT2D eigenvalue weighted by Gasteiger charge is 2.32. The number of anilines is 1. The maximum Gasteiger partial charge on any atom is 0.310 e. The molecule has 1 aliphatic heterocycles. The summed E-state index contributed by atoms with van der Waals surface area (Å²) in [6.45, 7) is -0.463. The number of benzene rings is 1. The van der Waals surface area contributed by atoms with Crippen LogP contribution in [0, 0.1) is 10.1 Å². The van der Waals surface area contributed by atoms with Gasteiger partial charge in [-0.05, 0) is 43.7 Å². The Labute approximate surface area is 194 Å². The van der Waals surface area contributed by atoms with Crippen molar-refractivity contribution in [2.75, 3.05) is 23.4 Å². The minimum atomic E-state index is -3.15. The molecule has 1 fully saturated rings. The van der Waals surface area contributed by atoms with Crippen LogP contribution in [0.4, 0.5) is 10.7 Å². The molecular formula is C21H23N3O7S2. The first kappa shape index (κ1) is 23.2. The minimum absolute atomic E-state index is 0.0245. The summed E-state index contributed by atoms with van der Waals surface area (Å²) in [5.41, 5.74) is 1.01. The van der Waals surface area contributed by atoms with Gasteiger partial charge in [0.05, 0.1) is 22.0 Å². The number of nitro groups is 1. The number of fused-ring (bicyclic) bond motifs is 1. The molecule has 1 aliphatic carbocycles. The Balaban J connectivity index is 1.49. The van der Waals surface area contributed by atoms with E-state index in [9.17, 15) is 28.1 Å². The van der Waals surface area contributed by atoms with Crippen LogP contribution < -0.4 is 15.4 Å². The van der Waals surface area contributed by atoms with Crippen LogP contribution in [0.15, 0.2) is 24.3 Å². The number of carbonyl (C=O) groups excluding carboxylic acids is 2. The van der Waals surface area contributed by atoms with Crippen molar-refractivity contribution in [3.8, 4) is 5.75 Å². The zero-order valence-electron chi connectivity index (χ0n) is 17.7. The van der Waals surface area contributed by atoms with E-state index >= 15 is 0 Å². The van der Waals surface area contributed by atoms with Gasteiger partial charge in [0, 0.05) is 17.0 Å². The van der Waals surface area contributed by atoms with E-state index in [0.717, 1.165) is 29.7 Å². The molecule has 0 bridgehead atoms. The van der Waals surface area contributed by atoms with Gasteiger partial charge in [0.25, 0.3) is 11.8 Å². The van der Waals surface area contributed by atoms with Crippen molar-refractivity contribution >= 4 is 43.7 Å². The van der Waals surface area contributed by atoms with Crippen LogP contribution in [-0.2, 0) is 27.5 Å². The summed E-state index contributed by atoms with van der Waals surface area (Å²) >= 11 is 1.33. The maximum absolute atomic E-state index is 13.1. The number of hydrogen-bond acceptors (Lipinski definition) is 8. The number of nitro benzene ring substituents is 1. The van der Waals surface area contributed by atoms with Crippen molar-refractivity contribution in [3.63, 3.8) is 0 Å². The molecule has 1 saturated heterocycles. The Bertz CT molecular complexity index is 1210. The highest BCUT2D eigenvalue weighted by molar-refractivity contribution is 7.91. The van der Waals surface area contributed by atoms with E-state index in [4.69, 9.17) is 4.74 Å². The highest BCUT2D eigenvalue weighted by Crippen LogP contribution is 2.38. The maximum atomic E-state index is 13.1. The van der Waals surface area contributed by atoms with Crippen molar-refractivity contribution in [2.24, 2.45) is 0 Å². The summed E-state index contributed by atoms with van der Waals surface area (Å²) in [5.74, 6) is -1.01. The summed E-state index contributed by atoms with van der Waals surface area (Å²) < 4.78 is 28.8. The average Bonchev–Trinajstić information content (AvgIpc) is 3.30. The smallest absolute Gasteiger partial charge is 0.310 e. The number of nitrogens with one attached hydrogen (secondary N) is 2. The van der Waals surface area contributed by atoms with Crippen molar-refractivity contribution in [1.82, 2.24) is 5.32 Å². The zero-order chi connectivity index (χ0) is 23.6. The molecule has 0 saturated carbocycles. The molecule has 10 nitrogen and oxygen atoms in total. The number of sulfone groups is 1. The summed E-state index contributed by atoms with van der Waals surface area (Å²) in [7, 11) is -3.15. The number of ether oxygens (including phenoxy) is 1. The SMILES string of the molecule is O=C(COc1ccccc1[N+](=O)[O-])Nc1sc2c(c1C(=O)N[C@H]1CCS(=O)(=O)C1)CCCC2. The lowest BCUT2D eigenvalue weighted by molar-refractivity contribution is -0.385. The second-order valence-corrected chi connectivity index (χ2v) is 11.4. The fraction of sp³-hybridized carbons (Fsp3) is 0.429. The molecule has 1 aromatic carbocycles. The van der Waals surface area contributed by atoms with Gasteiger partial charge in [0.1, 0.15) is 5.00 Å². The summed E-state index contributed by atoms with van der Waals surface area (Å²) in [6.07, 6.45) is 3.80. The molecule has 1 aromatic heterocycles. The number of aryl methyl sites for hydroxylation is 1. The van der Waals surface area contributed by atoms with Crippen molar-refractivity contribution in [1.29, 1.82) is 0 Å². The Morgan fingerprint density at radius 1 is 1.21 bits per heavy atom. The van der Waals surface area contributed by atoms with E-state index in [1.807, 2.05) is 0 Å². The summed E-state index contributed by atoms with van der Waals surface area (Å²) in [6, 6.07) is 5.31. The Morgan fingerprint density at radius 2 is 1.97 bits per heavy atom. The zero-order valence-corrected chi connectivity index (χ0v) is 19.3. The van der Waals surface area contributed by atoms with Crippen molar-refractivity contribution < 1.29 is 27.7 Å². The van der Waals surface area contributed by atoms with Gasteiger partial charge in [-0.3, -0.25) is 19.7 Å². The molecule has 2 N–H and O–H groups in total.